The van der Waals surface area contributed by atoms with Crippen molar-refractivity contribution in [3.63, 3.8) is 0 Å². The zero-order valence-corrected chi connectivity index (χ0v) is 14.9. The Morgan fingerprint density at radius 2 is 1.74 bits per heavy atom. The number of nitrogens with one attached hydrogen (secondary N) is 2. The van der Waals surface area contributed by atoms with Gasteiger partial charge < -0.3 is 24.8 Å². The topological polar surface area (TPSA) is 85.9 Å². The number of anilines is 1. The van der Waals surface area contributed by atoms with Crippen molar-refractivity contribution >= 4 is 17.5 Å². The maximum absolute atomic E-state index is 12.2. The molecule has 4 rings (SSSR count). The van der Waals surface area contributed by atoms with Crippen LogP contribution in [0.5, 0.6) is 11.5 Å². The maximum atomic E-state index is 12.2. The molecular weight excluding hydrogens is 348 g/mol. The number of hydrogen-bond acceptors (Lipinski definition) is 5. The van der Waals surface area contributed by atoms with Gasteiger partial charge in [0.25, 0.3) is 0 Å². The molecular formula is C20H20N2O5. The standard InChI is InChI=1S/C20H20N2O5/c1-25-20(9-13-4-2-3-5-14(13)10-20)11-21-18(23)19(24)22-15-6-7-16-17(8-15)27-12-26-16/h2-8H,9-12H2,1H3,(H,21,23)(H,22,24). The average molecular weight is 368 g/mol. The predicted octanol–water partition coefficient (Wildman–Crippen LogP) is 1.65. The molecule has 7 heteroatoms. The van der Waals surface area contributed by atoms with Gasteiger partial charge in [0.15, 0.2) is 11.5 Å². The van der Waals surface area contributed by atoms with Crippen LogP contribution in [-0.2, 0) is 27.2 Å². The van der Waals surface area contributed by atoms with E-state index in [1.54, 1.807) is 25.3 Å². The molecule has 0 bridgehead atoms. The third-order valence-corrected chi connectivity index (χ3v) is 4.98. The third-order valence-electron chi connectivity index (χ3n) is 4.98. The molecule has 7 nitrogen and oxygen atoms in total. The Labute approximate surface area is 156 Å². The van der Waals surface area contributed by atoms with Crippen molar-refractivity contribution in [2.45, 2.75) is 18.4 Å². The zero-order chi connectivity index (χ0) is 18.9. The summed E-state index contributed by atoms with van der Waals surface area (Å²) in [6.07, 6.45) is 1.40. The van der Waals surface area contributed by atoms with Crippen LogP contribution in [0.3, 0.4) is 0 Å². The summed E-state index contributed by atoms with van der Waals surface area (Å²) in [7, 11) is 1.63. The fraction of sp³-hybridized carbons (Fsp3) is 0.300. The molecule has 27 heavy (non-hydrogen) atoms. The van der Waals surface area contributed by atoms with Crippen molar-refractivity contribution in [1.82, 2.24) is 5.32 Å². The first-order valence-electron chi connectivity index (χ1n) is 8.69. The van der Waals surface area contributed by atoms with Gasteiger partial charge in [-0.15, -0.1) is 0 Å². The van der Waals surface area contributed by atoms with Gasteiger partial charge in [-0.25, -0.2) is 0 Å². The molecule has 0 aromatic heterocycles. The molecule has 0 spiro atoms. The van der Waals surface area contributed by atoms with Gasteiger partial charge in [0, 0.05) is 38.2 Å². The van der Waals surface area contributed by atoms with E-state index < -0.39 is 17.4 Å². The number of carbonyl (C=O) groups excluding carboxylic acids is 2. The molecule has 0 radical (unpaired) electrons. The molecule has 1 aliphatic carbocycles. The Bertz CT molecular complexity index is 871. The first-order chi connectivity index (χ1) is 13.1. The van der Waals surface area contributed by atoms with Crippen molar-refractivity contribution in [3.8, 4) is 11.5 Å². The first-order valence-corrected chi connectivity index (χ1v) is 8.69. The van der Waals surface area contributed by atoms with Gasteiger partial charge in [-0.1, -0.05) is 24.3 Å². The molecule has 1 aliphatic heterocycles. The van der Waals surface area contributed by atoms with E-state index in [1.807, 2.05) is 12.1 Å². The van der Waals surface area contributed by atoms with Gasteiger partial charge in [-0.3, -0.25) is 9.59 Å². The lowest BCUT2D eigenvalue weighted by Crippen LogP contribution is -2.48. The van der Waals surface area contributed by atoms with Gasteiger partial charge in [0.05, 0.1) is 5.60 Å². The van der Waals surface area contributed by atoms with E-state index in [-0.39, 0.29) is 13.3 Å². The van der Waals surface area contributed by atoms with Gasteiger partial charge >= 0.3 is 11.8 Å². The highest BCUT2D eigenvalue weighted by Crippen LogP contribution is 2.34. The average Bonchev–Trinajstić information content (AvgIpc) is 3.30. The number of benzene rings is 2. The molecule has 0 saturated carbocycles. The summed E-state index contributed by atoms with van der Waals surface area (Å²) < 4.78 is 16.2. The van der Waals surface area contributed by atoms with Crippen LogP contribution in [0.2, 0.25) is 0 Å². The van der Waals surface area contributed by atoms with Gasteiger partial charge in [0.2, 0.25) is 6.79 Å². The Balaban J connectivity index is 1.35. The minimum absolute atomic E-state index is 0.148. The largest absolute Gasteiger partial charge is 0.454 e. The van der Waals surface area contributed by atoms with Crippen LogP contribution in [0.15, 0.2) is 42.5 Å². The van der Waals surface area contributed by atoms with Gasteiger partial charge in [-0.2, -0.15) is 0 Å². The van der Waals surface area contributed by atoms with Crippen molar-refractivity contribution < 1.29 is 23.8 Å². The molecule has 140 valence electrons. The molecule has 2 aromatic rings. The minimum atomic E-state index is -0.740. The number of methoxy groups -OCH3 is 1. The van der Waals surface area contributed by atoms with Gasteiger partial charge in [-0.05, 0) is 23.3 Å². The second kappa shape index (κ2) is 6.92. The second-order valence-electron chi connectivity index (χ2n) is 6.71. The number of fused-ring (bicyclic) bond motifs is 2. The van der Waals surface area contributed by atoms with Crippen molar-refractivity contribution in [2.24, 2.45) is 0 Å². The normalized spacial score (nSPS) is 15.9. The summed E-state index contributed by atoms with van der Waals surface area (Å²) >= 11 is 0. The monoisotopic (exact) mass is 368 g/mol. The highest BCUT2D eigenvalue weighted by atomic mass is 16.7. The Morgan fingerprint density at radius 3 is 2.44 bits per heavy atom. The second-order valence-corrected chi connectivity index (χ2v) is 6.71. The van der Waals surface area contributed by atoms with Crippen molar-refractivity contribution in [1.29, 1.82) is 0 Å². The highest BCUT2D eigenvalue weighted by molar-refractivity contribution is 6.39. The lowest BCUT2D eigenvalue weighted by atomic mass is 10.00. The number of rotatable bonds is 4. The first kappa shape index (κ1) is 17.4. The van der Waals surface area contributed by atoms with Crippen LogP contribution in [0.1, 0.15) is 11.1 Å². The third kappa shape index (κ3) is 3.46. The minimum Gasteiger partial charge on any atom is -0.454 e. The lowest BCUT2D eigenvalue weighted by molar-refractivity contribution is -0.137. The Kier molecular flexibility index (Phi) is 4.45. The molecule has 2 N–H and O–H groups in total. The van der Waals surface area contributed by atoms with Crippen LogP contribution in [-0.4, -0.2) is 37.9 Å². The SMILES string of the molecule is COC1(CNC(=O)C(=O)Nc2ccc3c(c2)OCO3)Cc2ccccc2C1. The molecule has 0 unspecified atom stereocenters. The van der Waals surface area contributed by atoms with E-state index in [1.165, 1.54) is 11.1 Å². The molecule has 2 aliphatic rings. The fourth-order valence-corrected chi connectivity index (χ4v) is 3.48. The van der Waals surface area contributed by atoms with Crippen LogP contribution in [0.4, 0.5) is 5.69 Å². The van der Waals surface area contributed by atoms with E-state index in [9.17, 15) is 9.59 Å². The quantitative estimate of drug-likeness (QED) is 0.802. The summed E-state index contributed by atoms with van der Waals surface area (Å²) in [6.45, 7) is 0.403. The summed E-state index contributed by atoms with van der Waals surface area (Å²) in [5.74, 6) is -0.300. The molecule has 0 fully saturated rings. The van der Waals surface area contributed by atoms with Gasteiger partial charge in [0.1, 0.15) is 0 Å². The maximum Gasteiger partial charge on any atom is 0.313 e. The van der Waals surface area contributed by atoms with E-state index in [0.717, 1.165) is 0 Å². The number of amides is 2. The highest BCUT2D eigenvalue weighted by Gasteiger charge is 2.38. The van der Waals surface area contributed by atoms with Crippen LogP contribution < -0.4 is 20.1 Å². The summed E-state index contributed by atoms with van der Waals surface area (Å²) in [6, 6.07) is 13.1. The smallest absolute Gasteiger partial charge is 0.313 e. The number of carbonyl (C=O) groups is 2. The molecule has 2 aromatic carbocycles. The predicted molar refractivity (Wildman–Crippen MR) is 97.8 cm³/mol. The van der Waals surface area contributed by atoms with Crippen molar-refractivity contribution in [2.75, 3.05) is 25.8 Å². The van der Waals surface area contributed by atoms with E-state index >= 15 is 0 Å². The van der Waals surface area contributed by atoms with E-state index in [2.05, 4.69) is 22.8 Å². The molecule has 2 amide bonds. The van der Waals surface area contributed by atoms with Crippen LogP contribution in [0, 0.1) is 0 Å². The summed E-state index contributed by atoms with van der Waals surface area (Å²) in [5.41, 5.74) is 2.35. The van der Waals surface area contributed by atoms with Crippen LogP contribution >= 0.6 is 0 Å². The van der Waals surface area contributed by atoms with E-state index in [4.69, 9.17) is 14.2 Å². The molecule has 1 heterocycles. The lowest BCUT2D eigenvalue weighted by Gasteiger charge is -2.27. The van der Waals surface area contributed by atoms with Crippen molar-refractivity contribution in [3.05, 3.63) is 53.6 Å². The number of ether oxygens (including phenoxy) is 3. The Hall–Kier alpha value is -3.06. The molecule has 0 atom stereocenters. The summed E-state index contributed by atoms with van der Waals surface area (Å²) in [4.78, 5) is 24.4. The Morgan fingerprint density at radius 1 is 1.04 bits per heavy atom. The number of hydrogen-bond donors (Lipinski definition) is 2. The molecule has 0 saturated heterocycles. The zero-order valence-electron chi connectivity index (χ0n) is 14.9. The fourth-order valence-electron chi connectivity index (χ4n) is 3.48. The summed E-state index contributed by atoms with van der Waals surface area (Å²) in [5, 5.41) is 5.26. The van der Waals surface area contributed by atoms with E-state index in [0.29, 0.717) is 30.0 Å². The van der Waals surface area contributed by atoms with Crippen LogP contribution in [0.25, 0.3) is 0 Å².